The van der Waals surface area contributed by atoms with Gasteiger partial charge in [0.1, 0.15) is 0 Å². The highest BCUT2D eigenvalue weighted by atomic mass is 32.2. The lowest BCUT2D eigenvalue weighted by Gasteiger charge is -2.35. The van der Waals surface area contributed by atoms with Gasteiger partial charge in [-0.15, -0.1) is 0 Å². The molecule has 0 amide bonds. The number of hydrogen-bond acceptors (Lipinski definition) is 4. The zero-order valence-electron chi connectivity index (χ0n) is 17.3. The van der Waals surface area contributed by atoms with Gasteiger partial charge in [-0.1, -0.05) is 52.3 Å². The van der Waals surface area contributed by atoms with Crippen LogP contribution >= 0.6 is 11.8 Å². The van der Waals surface area contributed by atoms with Gasteiger partial charge in [-0.25, -0.2) is 4.99 Å². The van der Waals surface area contributed by atoms with Crippen molar-refractivity contribution in [3.8, 4) is 0 Å². The van der Waals surface area contributed by atoms with E-state index in [2.05, 4.69) is 32.6 Å². The highest BCUT2D eigenvalue weighted by molar-refractivity contribution is 8.14. The van der Waals surface area contributed by atoms with E-state index in [-0.39, 0.29) is 10.6 Å². The highest BCUT2D eigenvalue weighted by Gasteiger charge is 2.35. The summed E-state index contributed by atoms with van der Waals surface area (Å²) in [5.74, 6) is 1.73. The molecule has 0 radical (unpaired) electrons. The van der Waals surface area contributed by atoms with Crippen molar-refractivity contribution < 1.29 is 4.92 Å². The van der Waals surface area contributed by atoms with Crippen molar-refractivity contribution >= 4 is 28.3 Å². The summed E-state index contributed by atoms with van der Waals surface area (Å²) in [4.78, 5) is 18.2. The van der Waals surface area contributed by atoms with E-state index in [0.29, 0.717) is 18.0 Å². The van der Waals surface area contributed by atoms with Gasteiger partial charge in [0.15, 0.2) is 5.17 Å². The van der Waals surface area contributed by atoms with Gasteiger partial charge in [-0.2, -0.15) is 0 Å². The Kier molecular flexibility index (Phi) is 8.14. The molecule has 1 aromatic rings. The van der Waals surface area contributed by atoms with Crippen molar-refractivity contribution in [2.24, 2.45) is 10.9 Å². The van der Waals surface area contributed by atoms with Gasteiger partial charge >= 0.3 is 0 Å². The Morgan fingerprint density at radius 3 is 2.67 bits per heavy atom. The molecule has 2 atom stereocenters. The Hall–Kier alpha value is -1.56. The number of aryl methyl sites for hydroxylation is 1. The number of benzene rings is 1. The van der Waals surface area contributed by atoms with Gasteiger partial charge in [0.25, 0.3) is 5.69 Å². The van der Waals surface area contributed by atoms with Crippen LogP contribution in [0.2, 0.25) is 0 Å². The van der Waals surface area contributed by atoms with E-state index in [0.717, 1.165) is 28.6 Å². The molecule has 1 heterocycles. The second-order valence-corrected chi connectivity index (χ2v) is 8.82. The van der Waals surface area contributed by atoms with Crippen LogP contribution in [0.3, 0.4) is 0 Å². The third-order valence-electron chi connectivity index (χ3n) is 5.13. The fraction of sp³-hybridized carbons (Fsp3) is 0.667. The normalized spacial score (nSPS) is 19.9. The first-order valence-electron chi connectivity index (χ1n) is 10.1. The Labute approximate surface area is 167 Å². The number of non-ortho nitro benzene ring substituents is 1. The molecule has 0 aliphatic carbocycles. The van der Waals surface area contributed by atoms with Crippen LogP contribution in [-0.2, 0) is 0 Å². The standard InChI is InChI=1S/C21H33N3O2S/c1-6-8-9-17(7-2)23-19(12-15(3)4)14-27-21(23)22-20-11-10-18(24(25)26)13-16(20)5/h10-11,13,15,17,19H,6-9,12,14H2,1-5H3/t17?,19-/m0/s1. The number of nitrogens with zero attached hydrogens (tertiary/aromatic N) is 3. The van der Waals surface area contributed by atoms with Gasteiger partial charge in [-0.3, -0.25) is 10.1 Å². The van der Waals surface area contributed by atoms with E-state index >= 15 is 0 Å². The van der Waals surface area contributed by atoms with E-state index in [1.165, 1.54) is 25.7 Å². The number of thioether (sulfide) groups is 1. The zero-order valence-corrected chi connectivity index (χ0v) is 18.1. The van der Waals surface area contributed by atoms with Crippen molar-refractivity contribution in [1.82, 2.24) is 4.90 Å². The molecule has 6 heteroatoms. The topological polar surface area (TPSA) is 58.7 Å². The first-order chi connectivity index (χ1) is 12.9. The van der Waals surface area contributed by atoms with Gasteiger partial charge in [0.2, 0.25) is 0 Å². The van der Waals surface area contributed by atoms with Crippen LogP contribution < -0.4 is 0 Å². The SMILES string of the molecule is CCCCC(CC)N1C(=Nc2ccc([N+](=O)[O-])cc2C)SC[C@@H]1CC(C)C. The number of hydrogen-bond donors (Lipinski definition) is 0. The van der Waals surface area contributed by atoms with Crippen LogP contribution in [0.1, 0.15) is 65.4 Å². The molecule has 0 saturated carbocycles. The minimum Gasteiger partial charge on any atom is -0.344 e. The molecule has 1 aliphatic heterocycles. The first kappa shape index (κ1) is 21.7. The van der Waals surface area contributed by atoms with Crippen molar-refractivity contribution in [3.05, 3.63) is 33.9 Å². The summed E-state index contributed by atoms with van der Waals surface area (Å²) < 4.78 is 0. The Balaban J connectivity index is 2.34. The Morgan fingerprint density at radius 2 is 2.11 bits per heavy atom. The van der Waals surface area contributed by atoms with Crippen LogP contribution in [-0.4, -0.2) is 32.8 Å². The maximum absolute atomic E-state index is 11.0. The molecule has 0 spiro atoms. The van der Waals surface area contributed by atoms with Gasteiger partial charge < -0.3 is 4.90 Å². The van der Waals surface area contributed by atoms with Gasteiger partial charge in [-0.05, 0) is 43.7 Å². The molecule has 150 valence electrons. The monoisotopic (exact) mass is 391 g/mol. The van der Waals surface area contributed by atoms with Crippen molar-refractivity contribution in [1.29, 1.82) is 0 Å². The number of aliphatic imine (C=N–C) groups is 1. The quantitative estimate of drug-likeness (QED) is 0.365. The third-order valence-corrected chi connectivity index (χ3v) is 6.24. The first-order valence-corrected chi connectivity index (χ1v) is 11.1. The maximum Gasteiger partial charge on any atom is 0.269 e. The molecule has 0 N–H and O–H groups in total. The lowest BCUT2D eigenvalue weighted by Crippen LogP contribution is -2.42. The summed E-state index contributed by atoms with van der Waals surface area (Å²) in [5.41, 5.74) is 1.81. The molecule has 1 aliphatic rings. The van der Waals surface area contributed by atoms with Gasteiger partial charge in [0, 0.05) is 30.0 Å². The summed E-state index contributed by atoms with van der Waals surface area (Å²) in [6.45, 7) is 11.0. The van der Waals surface area contributed by atoms with E-state index in [1.807, 2.05) is 18.7 Å². The number of rotatable bonds is 9. The molecular weight excluding hydrogens is 358 g/mol. The molecule has 0 bridgehead atoms. The van der Waals surface area contributed by atoms with Crippen LogP contribution in [0.15, 0.2) is 23.2 Å². The number of amidine groups is 1. The van der Waals surface area contributed by atoms with Crippen LogP contribution in [0.4, 0.5) is 11.4 Å². The molecule has 2 rings (SSSR count). The molecule has 1 fully saturated rings. The number of nitro groups is 1. The predicted octanol–water partition coefficient (Wildman–Crippen LogP) is 6.32. The van der Waals surface area contributed by atoms with Crippen LogP contribution in [0.5, 0.6) is 0 Å². The fourth-order valence-corrected chi connectivity index (χ4v) is 4.96. The smallest absolute Gasteiger partial charge is 0.269 e. The highest BCUT2D eigenvalue weighted by Crippen LogP contribution is 2.35. The minimum atomic E-state index is -0.350. The van der Waals surface area contributed by atoms with E-state index in [4.69, 9.17) is 4.99 Å². The Bertz CT molecular complexity index is 675. The second kappa shape index (κ2) is 10.1. The van der Waals surface area contributed by atoms with Crippen molar-refractivity contribution in [3.63, 3.8) is 0 Å². The maximum atomic E-state index is 11.0. The molecular formula is C21H33N3O2S. The van der Waals surface area contributed by atoms with E-state index < -0.39 is 0 Å². The van der Waals surface area contributed by atoms with Gasteiger partial charge in [0.05, 0.1) is 10.6 Å². The lowest BCUT2D eigenvalue weighted by molar-refractivity contribution is -0.384. The Morgan fingerprint density at radius 1 is 1.37 bits per heavy atom. The minimum absolute atomic E-state index is 0.124. The molecule has 27 heavy (non-hydrogen) atoms. The van der Waals surface area contributed by atoms with E-state index in [1.54, 1.807) is 18.2 Å². The van der Waals surface area contributed by atoms with Crippen LogP contribution in [0.25, 0.3) is 0 Å². The lowest BCUT2D eigenvalue weighted by atomic mass is 9.99. The summed E-state index contributed by atoms with van der Waals surface area (Å²) in [6.07, 6.45) is 5.93. The summed E-state index contributed by atoms with van der Waals surface area (Å²) in [7, 11) is 0. The molecule has 5 nitrogen and oxygen atoms in total. The number of unbranched alkanes of at least 4 members (excludes halogenated alkanes) is 1. The summed E-state index contributed by atoms with van der Waals surface area (Å²) >= 11 is 1.83. The summed E-state index contributed by atoms with van der Waals surface area (Å²) in [5, 5.41) is 12.1. The average molecular weight is 392 g/mol. The largest absolute Gasteiger partial charge is 0.344 e. The zero-order chi connectivity index (χ0) is 20.0. The third kappa shape index (κ3) is 5.71. The second-order valence-electron chi connectivity index (χ2n) is 7.83. The molecule has 1 aromatic carbocycles. The molecule has 1 saturated heterocycles. The average Bonchev–Trinajstić information content (AvgIpc) is 2.99. The number of nitro benzene ring substituents is 1. The molecule has 1 unspecified atom stereocenters. The summed E-state index contributed by atoms with van der Waals surface area (Å²) in [6, 6.07) is 5.98. The molecule has 0 aromatic heterocycles. The van der Waals surface area contributed by atoms with E-state index in [9.17, 15) is 10.1 Å². The fourth-order valence-electron chi connectivity index (χ4n) is 3.71. The predicted molar refractivity (Wildman–Crippen MR) is 116 cm³/mol. The van der Waals surface area contributed by atoms with Crippen molar-refractivity contribution in [2.75, 3.05) is 5.75 Å². The van der Waals surface area contributed by atoms with Crippen LogP contribution in [0, 0.1) is 23.0 Å². The van der Waals surface area contributed by atoms with Crippen molar-refractivity contribution in [2.45, 2.75) is 78.8 Å².